The Morgan fingerprint density at radius 3 is 1.52 bits per heavy atom. The van der Waals surface area contributed by atoms with Crippen LogP contribution in [0.4, 0.5) is 0 Å². The maximum absolute atomic E-state index is 12.6. The molecule has 10 rings (SSSR count). The van der Waals surface area contributed by atoms with Crippen LogP contribution in [-0.4, -0.2) is 23.2 Å². The van der Waals surface area contributed by atoms with Gasteiger partial charge in [0, 0.05) is 56.3 Å². The van der Waals surface area contributed by atoms with Gasteiger partial charge in [0.2, 0.25) is 0 Å². The number of carbonyl (C=O) groups excluding carboxylic acids is 2. The van der Waals surface area contributed by atoms with E-state index >= 15 is 0 Å². The van der Waals surface area contributed by atoms with Crippen LogP contribution in [-0.2, 0) is 9.59 Å². The minimum Gasteiger partial charge on any atom is -0.457 e. The van der Waals surface area contributed by atoms with Crippen molar-refractivity contribution in [3.8, 4) is 35.1 Å². The summed E-state index contributed by atoms with van der Waals surface area (Å²) in [5, 5.41) is 20.9. The number of hydrogen-bond donors (Lipinski definition) is 0. The fourth-order valence-electron chi connectivity index (χ4n) is 8.59. The highest BCUT2D eigenvalue weighted by atomic mass is 16.5. The molecule has 2 aliphatic heterocycles. The summed E-state index contributed by atoms with van der Waals surface area (Å²) in [5.74, 6) is 3.62. The molecule has 0 aromatic heterocycles. The monoisotopic (exact) mass is 814 g/mol. The standard InChI is InChI=1S/C28H27NO2.C24H16N2O2.C2H3N/c1-4-5-6-8-23-26-21-15-16-24(31-19-13-11-18(12-14-19)17(2)3)20-9-7-10-22(25(20)21)27(26)29-28(23)30;1-13(2)14-6-8-15(9-7-14)28-20-11-10-17-21-16(20)4-3-5-18(21)23-22(17)19(12-25)24(27)26-23;1-2-3/h7,9-17H,4-6,8H2,1-3H3;3-11,13H,1-2H3;1H3. The van der Waals surface area contributed by atoms with Crippen molar-refractivity contribution in [3.63, 3.8) is 0 Å². The van der Waals surface area contributed by atoms with Gasteiger partial charge in [0.15, 0.2) is 0 Å². The molecule has 6 aromatic rings. The molecule has 2 heterocycles. The van der Waals surface area contributed by atoms with E-state index in [0.29, 0.717) is 23.1 Å². The second-order valence-electron chi connectivity index (χ2n) is 16.3. The van der Waals surface area contributed by atoms with Gasteiger partial charge in [0.25, 0.3) is 11.8 Å². The lowest BCUT2D eigenvalue weighted by molar-refractivity contribution is -0.114. The van der Waals surface area contributed by atoms with E-state index in [2.05, 4.69) is 87.1 Å². The van der Waals surface area contributed by atoms with Crippen molar-refractivity contribution in [1.82, 2.24) is 0 Å². The molecule has 8 nitrogen and oxygen atoms in total. The molecule has 4 aliphatic rings. The zero-order chi connectivity index (χ0) is 43.7. The average molecular weight is 815 g/mol. The Hall–Kier alpha value is -7.42. The number of fused-ring (bicyclic) bond motifs is 6. The summed E-state index contributed by atoms with van der Waals surface area (Å²) in [7, 11) is 0. The van der Waals surface area contributed by atoms with Crippen LogP contribution in [0.25, 0.3) is 32.7 Å². The quantitative estimate of drug-likeness (QED) is 0.127. The molecule has 306 valence electrons. The SMILES string of the molecule is CC#N.CC(C)c1ccc(Oc2ccc3c4c(cccc24)C2=NC(=O)C(C#N)=C23)cc1.CCCCCC1=C2C(=NC1=O)c1cccc3c(Oc4ccc(C(C)C)cc4)ccc2c13. The summed E-state index contributed by atoms with van der Waals surface area (Å²) in [6, 6.07) is 40.2. The molecule has 2 aliphatic carbocycles. The van der Waals surface area contributed by atoms with Gasteiger partial charge in [0.1, 0.15) is 34.6 Å². The van der Waals surface area contributed by atoms with Gasteiger partial charge in [-0.25, -0.2) is 9.98 Å². The number of amides is 2. The Kier molecular flexibility index (Phi) is 11.5. The average Bonchev–Trinajstić information content (AvgIpc) is 3.98. The van der Waals surface area contributed by atoms with Crippen molar-refractivity contribution in [2.24, 2.45) is 9.98 Å². The van der Waals surface area contributed by atoms with Crippen LogP contribution < -0.4 is 9.47 Å². The van der Waals surface area contributed by atoms with Gasteiger partial charge in [-0.05, 0) is 95.5 Å². The molecule has 0 fully saturated rings. The first-order valence-corrected chi connectivity index (χ1v) is 21.2. The van der Waals surface area contributed by atoms with Crippen LogP contribution in [0.15, 0.2) is 130 Å². The number of nitrogens with zero attached hydrogens (tertiary/aromatic N) is 4. The third-order valence-corrected chi connectivity index (χ3v) is 11.7. The number of aliphatic imine (C=N–C) groups is 2. The van der Waals surface area contributed by atoms with Crippen LogP contribution in [0.2, 0.25) is 0 Å². The van der Waals surface area contributed by atoms with E-state index < -0.39 is 5.91 Å². The van der Waals surface area contributed by atoms with Crippen molar-refractivity contribution in [3.05, 3.63) is 154 Å². The number of unbranched alkanes of at least 4 members (excludes halogenated alkanes) is 2. The maximum Gasteiger partial charge on any atom is 0.288 e. The molecule has 0 unspecified atom stereocenters. The summed E-state index contributed by atoms with van der Waals surface area (Å²) < 4.78 is 12.5. The molecule has 8 heteroatoms. The molecular formula is C54H46N4O4. The molecule has 0 saturated carbocycles. The van der Waals surface area contributed by atoms with Gasteiger partial charge in [-0.2, -0.15) is 10.5 Å². The van der Waals surface area contributed by atoms with Gasteiger partial charge < -0.3 is 9.47 Å². The fourth-order valence-corrected chi connectivity index (χ4v) is 8.59. The third kappa shape index (κ3) is 7.39. The van der Waals surface area contributed by atoms with E-state index in [-0.39, 0.29) is 11.5 Å². The van der Waals surface area contributed by atoms with Gasteiger partial charge in [-0.1, -0.05) is 108 Å². The minimum absolute atomic E-state index is 0.0608. The Morgan fingerprint density at radius 2 is 1.05 bits per heavy atom. The highest BCUT2D eigenvalue weighted by Gasteiger charge is 2.37. The summed E-state index contributed by atoms with van der Waals surface area (Å²) >= 11 is 0. The predicted octanol–water partition coefficient (Wildman–Crippen LogP) is 13.3. The summed E-state index contributed by atoms with van der Waals surface area (Å²) in [6.07, 6.45) is 4.09. The third-order valence-electron chi connectivity index (χ3n) is 11.7. The lowest BCUT2D eigenvalue weighted by atomic mass is 9.97. The zero-order valence-corrected chi connectivity index (χ0v) is 35.8. The number of nitriles is 2. The van der Waals surface area contributed by atoms with Crippen LogP contribution in [0.3, 0.4) is 0 Å². The van der Waals surface area contributed by atoms with E-state index in [0.717, 1.165) is 109 Å². The zero-order valence-electron chi connectivity index (χ0n) is 35.8. The molecule has 0 N–H and O–H groups in total. The van der Waals surface area contributed by atoms with Gasteiger partial charge >= 0.3 is 0 Å². The molecule has 0 saturated heterocycles. The molecule has 6 aromatic carbocycles. The van der Waals surface area contributed by atoms with E-state index in [1.165, 1.54) is 18.1 Å². The first-order chi connectivity index (χ1) is 30.1. The number of carbonyl (C=O) groups is 2. The summed E-state index contributed by atoms with van der Waals surface area (Å²) in [6.45, 7) is 12.3. The van der Waals surface area contributed by atoms with Crippen LogP contribution in [0.1, 0.15) is 112 Å². The largest absolute Gasteiger partial charge is 0.457 e. The number of rotatable bonds is 10. The minimum atomic E-state index is -0.458. The van der Waals surface area contributed by atoms with Crippen molar-refractivity contribution in [1.29, 1.82) is 10.5 Å². The number of hydrogen-bond acceptors (Lipinski definition) is 6. The van der Waals surface area contributed by atoms with E-state index in [1.807, 2.05) is 72.8 Å². The van der Waals surface area contributed by atoms with E-state index in [9.17, 15) is 14.9 Å². The number of allylic oxidation sites excluding steroid dienone is 2. The molecular weight excluding hydrogens is 769 g/mol. The fraction of sp³-hybridized carbons (Fsp3) is 0.222. The molecule has 0 spiro atoms. The highest BCUT2D eigenvalue weighted by Crippen LogP contribution is 2.48. The first kappa shape index (κ1) is 41.3. The van der Waals surface area contributed by atoms with Crippen LogP contribution >= 0.6 is 0 Å². The van der Waals surface area contributed by atoms with Gasteiger partial charge in [-0.15, -0.1) is 0 Å². The van der Waals surface area contributed by atoms with Gasteiger partial charge in [-0.3, -0.25) is 9.59 Å². The molecule has 0 bridgehead atoms. The van der Waals surface area contributed by atoms with Gasteiger partial charge in [0.05, 0.1) is 17.5 Å². The van der Waals surface area contributed by atoms with Crippen LogP contribution in [0, 0.1) is 22.7 Å². The maximum atomic E-state index is 12.6. The van der Waals surface area contributed by atoms with E-state index in [1.54, 1.807) is 6.07 Å². The predicted molar refractivity (Wildman–Crippen MR) is 247 cm³/mol. The van der Waals surface area contributed by atoms with Crippen molar-refractivity contribution in [2.75, 3.05) is 0 Å². The molecule has 0 atom stereocenters. The summed E-state index contributed by atoms with van der Waals surface area (Å²) in [5.41, 5.74) is 10.6. The van der Waals surface area contributed by atoms with Crippen molar-refractivity contribution in [2.45, 2.75) is 79.1 Å². The Bertz CT molecular complexity index is 3020. The normalized spacial score (nSPS) is 14.0. The summed E-state index contributed by atoms with van der Waals surface area (Å²) in [4.78, 5) is 33.2. The lowest BCUT2D eigenvalue weighted by Gasteiger charge is -2.12. The smallest absolute Gasteiger partial charge is 0.288 e. The Labute approximate surface area is 362 Å². The first-order valence-electron chi connectivity index (χ1n) is 21.2. The Morgan fingerprint density at radius 1 is 0.581 bits per heavy atom. The number of ether oxygens (including phenoxy) is 2. The topological polar surface area (TPSA) is 125 Å². The second-order valence-corrected chi connectivity index (χ2v) is 16.3. The highest BCUT2D eigenvalue weighted by molar-refractivity contribution is 6.50. The Balaban J connectivity index is 0.000000161. The lowest BCUT2D eigenvalue weighted by Crippen LogP contribution is -1.97. The van der Waals surface area contributed by atoms with Crippen molar-refractivity contribution < 1.29 is 19.1 Å². The van der Waals surface area contributed by atoms with E-state index in [4.69, 9.17) is 14.7 Å². The second kappa shape index (κ2) is 17.3. The van der Waals surface area contributed by atoms with Crippen LogP contribution in [0.5, 0.6) is 23.0 Å². The molecule has 0 radical (unpaired) electrons. The van der Waals surface area contributed by atoms with Crippen molar-refractivity contribution >= 4 is 55.9 Å². The molecule has 2 amide bonds. The molecule has 62 heavy (non-hydrogen) atoms. The number of benzene rings is 6.